The van der Waals surface area contributed by atoms with Crippen LogP contribution in [0.4, 0.5) is 11.6 Å². The van der Waals surface area contributed by atoms with Gasteiger partial charge in [0.25, 0.3) is 0 Å². The van der Waals surface area contributed by atoms with Crippen molar-refractivity contribution in [2.45, 2.75) is 87.6 Å². The topological polar surface area (TPSA) is 76.4 Å². The van der Waals surface area contributed by atoms with Gasteiger partial charge in [0.1, 0.15) is 16.5 Å². The van der Waals surface area contributed by atoms with Gasteiger partial charge in [-0.2, -0.15) is 5.10 Å². The Labute approximate surface area is 235 Å². The Hall–Kier alpha value is -3.26. The van der Waals surface area contributed by atoms with E-state index in [0.717, 1.165) is 44.5 Å². The summed E-state index contributed by atoms with van der Waals surface area (Å²) in [6, 6.07) is 15.6. The summed E-state index contributed by atoms with van der Waals surface area (Å²) in [5, 5.41) is 14.2. The smallest absolute Gasteiger partial charge is 0.223 e. The van der Waals surface area contributed by atoms with Crippen LogP contribution in [0.25, 0.3) is 28.0 Å². The van der Waals surface area contributed by atoms with Crippen molar-refractivity contribution < 1.29 is 4.74 Å². The number of fused-ring (bicyclic) bond motifs is 1. The van der Waals surface area contributed by atoms with E-state index in [1.54, 1.807) is 7.11 Å². The molecule has 2 N–H and O–H groups in total. The maximum absolute atomic E-state index is 5.43. The van der Waals surface area contributed by atoms with E-state index >= 15 is 0 Å². The molecule has 3 aromatic heterocycles. The van der Waals surface area contributed by atoms with Crippen LogP contribution < -0.4 is 15.4 Å². The molecule has 0 amide bonds. The van der Waals surface area contributed by atoms with Gasteiger partial charge in [0, 0.05) is 34.8 Å². The predicted molar refractivity (Wildman–Crippen MR) is 161 cm³/mol. The number of aromatic nitrogens is 4. The monoisotopic (exact) mass is 542 g/mol. The fourth-order valence-corrected chi connectivity index (χ4v) is 6.77. The van der Waals surface area contributed by atoms with Crippen molar-refractivity contribution in [1.29, 1.82) is 0 Å². The summed E-state index contributed by atoms with van der Waals surface area (Å²) in [6.07, 6.45) is 11.8. The van der Waals surface area contributed by atoms with Gasteiger partial charge in [0.2, 0.25) is 5.95 Å². The lowest BCUT2D eigenvalue weighted by Gasteiger charge is -2.16. The molecule has 2 aliphatic carbocycles. The van der Waals surface area contributed by atoms with Gasteiger partial charge in [-0.15, -0.1) is 11.8 Å². The minimum atomic E-state index is 0.424. The summed E-state index contributed by atoms with van der Waals surface area (Å²) in [7, 11) is 1.69. The molecule has 2 saturated carbocycles. The number of pyridine rings is 1. The average molecular weight is 543 g/mol. The molecule has 2 aliphatic rings. The van der Waals surface area contributed by atoms with Crippen molar-refractivity contribution in [1.82, 2.24) is 19.6 Å². The fraction of sp³-hybridized carbons (Fsp3) is 0.452. The van der Waals surface area contributed by atoms with Crippen LogP contribution in [0.3, 0.4) is 0 Å². The second-order valence-corrected chi connectivity index (χ2v) is 12.6. The van der Waals surface area contributed by atoms with E-state index in [4.69, 9.17) is 14.8 Å². The number of anilines is 2. The van der Waals surface area contributed by atoms with Gasteiger partial charge >= 0.3 is 0 Å². The standard InChI is InChI=1S/C31H38N6OS/c1-20(2)39-28-19-24(33-22-8-4-5-9-22)18-27-29(26-16-17-32-31(35-26)34-23-10-6-7-11-23)30(36-37(27)28)21-12-14-25(38-3)15-13-21/h12-20,22-23,33H,4-11H2,1-3H3,(H,32,34,35). The van der Waals surface area contributed by atoms with Crippen molar-refractivity contribution in [2.75, 3.05) is 17.7 Å². The number of hydrogen-bond donors (Lipinski definition) is 2. The summed E-state index contributed by atoms with van der Waals surface area (Å²) in [6.45, 7) is 4.46. The molecule has 7 nitrogen and oxygen atoms in total. The van der Waals surface area contributed by atoms with Gasteiger partial charge in [-0.05, 0) is 68.1 Å². The van der Waals surface area contributed by atoms with Crippen molar-refractivity contribution in [3.8, 4) is 28.3 Å². The highest BCUT2D eigenvalue weighted by Crippen LogP contribution is 2.39. The van der Waals surface area contributed by atoms with Crippen LogP contribution in [0.1, 0.15) is 65.2 Å². The Kier molecular flexibility index (Phi) is 7.64. The molecule has 4 aromatic rings. The van der Waals surface area contributed by atoms with E-state index in [2.05, 4.69) is 58.2 Å². The van der Waals surface area contributed by atoms with Crippen molar-refractivity contribution in [3.63, 3.8) is 0 Å². The van der Waals surface area contributed by atoms with Gasteiger partial charge < -0.3 is 15.4 Å². The molecule has 0 saturated heterocycles. The van der Waals surface area contributed by atoms with Crippen LogP contribution in [-0.2, 0) is 0 Å². The molecular weight excluding hydrogens is 504 g/mol. The van der Waals surface area contributed by atoms with E-state index in [1.807, 2.05) is 36.2 Å². The first-order chi connectivity index (χ1) is 19.1. The molecule has 204 valence electrons. The number of ether oxygens (including phenoxy) is 1. The quantitative estimate of drug-likeness (QED) is 0.210. The summed E-state index contributed by atoms with van der Waals surface area (Å²) < 4.78 is 7.54. The molecule has 1 aromatic carbocycles. The van der Waals surface area contributed by atoms with Gasteiger partial charge in [0.05, 0.1) is 23.9 Å². The summed E-state index contributed by atoms with van der Waals surface area (Å²) in [5.41, 5.74) is 6.05. The predicted octanol–water partition coefficient (Wildman–Crippen LogP) is 7.68. The van der Waals surface area contributed by atoms with Gasteiger partial charge in [-0.25, -0.2) is 14.5 Å². The molecular formula is C31H38N6OS. The second kappa shape index (κ2) is 11.5. The highest BCUT2D eigenvalue weighted by atomic mass is 32.2. The maximum atomic E-state index is 5.43. The zero-order valence-corrected chi connectivity index (χ0v) is 23.9. The van der Waals surface area contributed by atoms with Gasteiger partial charge in [-0.3, -0.25) is 0 Å². The highest BCUT2D eigenvalue weighted by molar-refractivity contribution is 7.99. The zero-order chi connectivity index (χ0) is 26.8. The highest BCUT2D eigenvalue weighted by Gasteiger charge is 2.23. The van der Waals surface area contributed by atoms with Crippen molar-refractivity contribution >= 4 is 28.9 Å². The molecule has 0 radical (unpaired) electrons. The maximum Gasteiger partial charge on any atom is 0.223 e. The van der Waals surface area contributed by atoms with E-state index in [9.17, 15) is 0 Å². The first-order valence-electron chi connectivity index (χ1n) is 14.3. The third kappa shape index (κ3) is 5.71. The van der Waals surface area contributed by atoms with Gasteiger partial charge in [0.15, 0.2) is 0 Å². The van der Waals surface area contributed by atoms with Crippen LogP contribution in [0.15, 0.2) is 53.7 Å². The Bertz CT molecular complexity index is 1420. The van der Waals surface area contributed by atoms with Crippen LogP contribution in [-0.4, -0.2) is 44.0 Å². The molecule has 3 heterocycles. The van der Waals surface area contributed by atoms with E-state index in [-0.39, 0.29) is 0 Å². The largest absolute Gasteiger partial charge is 0.497 e. The molecule has 39 heavy (non-hydrogen) atoms. The lowest BCUT2D eigenvalue weighted by atomic mass is 10.0. The first kappa shape index (κ1) is 26.0. The lowest BCUT2D eigenvalue weighted by Crippen LogP contribution is -2.16. The summed E-state index contributed by atoms with van der Waals surface area (Å²) in [4.78, 5) is 9.62. The minimum absolute atomic E-state index is 0.424. The second-order valence-electron chi connectivity index (χ2n) is 11.0. The van der Waals surface area contributed by atoms with E-state index in [0.29, 0.717) is 23.3 Å². The number of thioether (sulfide) groups is 1. The Morgan fingerprint density at radius 3 is 2.28 bits per heavy atom. The Morgan fingerprint density at radius 2 is 1.62 bits per heavy atom. The van der Waals surface area contributed by atoms with E-state index < -0.39 is 0 Å². The van der Waals surface area contributed by atoms with E-state index in [1.165, 1.54) is 51.4 Å². The number of rotatable bonds is 9. The first-order valence-corrected chi connectivity index (χ1v) is 15.2. The molecule has 0 atom stereocenters. The third-order valence-corrected chi connectivity index (χ3v) is 8.75. The zero-order valence-electron chi connectivity index (χ0n) is 23.1. The normalized spacial score (nSPS) is 16.4. The van der Waals surface area contributed by atoms with Crippen LogP contribution in [0, 0.1) is 0 Å². The number of methoxy groups -OCH3 is 1. The number of benzene rings is 1. The number of hydrogen-bond acceptors (Lipinski definition) is 7. The lowest BCUT2D eigenvalue weighted by molar-refractivity contribution is 0.415. The molecule has 2 fully saturated rings. The minimum Gasteiger partial charge on any atom is -0.497 e. The van der Waals surface area contributed by atoms with Crippen LogP contribution >= 0.6 is 11.8 Å². The Morgan fingerprint density at radius 1 is 0.923 bits per heavy atom. The summed E-state index contributed by atoms with van der Waals surface area (Å²) in [5.74, 6) is 1.52. The average Bonchev–Trinajstić information content (AvgIpc) is 3.71. The molecule has 0 spiro atoms. The molecule has 0 unspecified atom stereocenters. The molecule has 0 bridgehead atoms. The van der Waals surface area contributed by atoms with Gasteiger partial charge in [-0.1, -0.05) is 39.5 Å². The fourth-order valence-electron chi connectivity index (χ4n) is 5.85. The summed E-state index contributed by atoms with van der Waals surface area (Å²) >= 11 is 1.84. The SMILES string of the molecule is COc1ccc(-c2nn3c(SC(C)C)cc(NC4CCCC4)cc3c2-c2ccnc(NC3CCCC3)n2)cc1. The Balaban J connectivity index is 1.52. The number of nitrogens with one attached hydrogen (secondary N) is 2. The molecule has 0 aliphatic heterocycles. The van der Waals surface area contributed by atoms with Crippen LogP contribution in [0.2, 0.25) is 0 Å². The van der Waals surface area contributed by atoms with Crippen LogP contribution in [0.5, 0.6) is 5.75 Å². The molecule has 8 heteroatoms. The van der Waals surface area contributed by atoms with Crippen molar-refractivity contribution in [2.24, 2.45) is 0 Å². The number of nitrogens with zero attached hydrogens (tertiary/aromatic N) is 4. The molecule has 6 rings (SSSR count). The third-order valence-electron chi connectivity index (χ3n) is 7.75. The van der Waals surface area contributed by atoms with Crippen molar-refractivity contribution in [3.05, 3.63) is 48.7 Å².